The predicted molar refractivity (Wildman–Crippen MR) is 68.7 cm³/mol. The van der Waals surface area contributed by atoms with E-state index in [0.717, 1.165) is 0 Å². The van der Waals surface area contributed by atoms with E-state index in [-0.39, 0.29) is 30.3 Å². The fourth-order valence-corrected chi connectivity index (χ4v) is 2.44. The minimum Gasteiger partial charge on any atom is -0.418 e. The first-order valence-corrected chi connectivity index (χ1v) is 6.56. The van der Waals surface area contributed by atoms with Crippen molar-refractivity contribution in [1.29, 1.82) is 0 Å². The molecule has 2 N–H and O–H groups in total. The largest absolute Gasteiger partial charge is 0.451 e. The smallest absolute Gasteiger partial charge is 0.418 e. The van der Waals surface area contributed by atoms with Crippen molar-refractivity contribution in [1.82, 2.24) is 15.6 Å². The number of carbonyl (C=O) groups excluding carboxylic acids is 1. The van der Waals surface area contributed by atoms with Crippen molar-refractivity contribution < 1.29 is 22.4 Å². The van der Waals surface area contributed by atoms with Gasteiger partial charge in [0.1, 0.15) is 5.69 Å². The monoisotopic (exact) mass is 306 g/mol. The Morgan fingerprint density at radius 2 is 2.05 bits per heavy atom. The maximum atomic E-state index is 12.9. The molecule has 1 fully saturated rings. The molecule has 0 aromatic carbocycles. The summed E-state index contributed by atoms with van der Waals surface area (Å²) >= 11 is 0. The van der Waals surface area contributed by atoms with Crippen LogP contribution in [0, 0.1) is 0 Å². The van der Waals surface area contributed by atoms with Crippen LogP contribution in [0.1, 0.15) is 25.3 Å². The van der Waals surface area contributed by atoms with Crippen LogP contribution < -0.4 is 15.5 Å². The molecule has 1 amide bonds. The molecule has 118 valence electrons. The molecular weight excluding hydrogens is 289 g/mol. The number of rotatable bonds is 4. The number of carbonyl (C=O) groups is 1. The third-order valence-corrected chi connectivity index (χ3v) is 3.12. The van der Waals surface area contributed by atoms with Crippen molar-refractivity contribution in [2.75, 3.05) is 18.0 Å². The zero-order valence-electron chi connectivity index (χ0n) is 11.7. The zero-order chi connectivity index (χ0) is 15.6. The Morgan fingerprint density at radius 1 is 1.43 bits per heavy atom. The van der Waals surface area contributed by atoms with Gasteiger partial charge in [-0.3, -0.25) is 4.79 Å². The third kappa shape index (κ3) is 3.66. The normalized spacial score (nSPS) is 23.2. The topological polar surface area (TPSA) is 70.4 Å². The van der Waals surface area contributed by atoms with E-state index in [2.05, 4.69) is 15.6 Å². The number of hydrogen-bond donors (Lipinski definition) is 2. The molecule has 0 radical (unpaired) electrons. The quantitative estimate of drug-likeness (QED) is 0.816. The second-order valence-corrected chi connectivity index (χ2v) is 5.14. The van der Waals surface area contributed by atoms with Crippen LogP contribution >= 0.6 is 0 Å². The lowest BCUT2D eigenvalue weighted by molar-refractivity contribution is -0.153. The molecule has 0 spiro atoms. The standard InChI is InChI=1S/C12H17F3N4O2/c1-7-4-19(5-8(2)17-7)11-18-9(3-16-6-20)10(21-11)12(13,14)15/h6-8,17H,3-5H2,1-2H3,(H,16,20). The van der Waals surface area contributed by atoms with Crippen LogP contribution in [0.4, 0.5) is 19.2 Å². The van der Waals surface area contributed by atoms with Gasteiger partial charge < -0.3 is 20.0 Å². The fourth-order valence-electron chi connectivity index (χ4n) is 2.44. The van der Waals surface area contributed by atoms with Crippen LogP contribution in [0.25, 0.3) is 0 Å². The van der Waals surface area contributed by atoms with Gasteiger partial charge in [-0.2, -0.15) is 18.2 Å². The molecule has 2 unspecified atom stereocenters. The van der Waals surface area contributed by atoms with Crippen molar-refractivity contribution >= 4 is 12.4 Å². The minimum atomic E-state index is -4.64. The van der Waals surface area contributed by atoms with Crippen LogP contribution in [-0.2, 0) is 17.5 Å². The molecular formula is C12H17F3N4O2. The molecule has 0 saturated carbocycles. The molecule has 1 aromatic heterocycles. The summed E-state index contributed by atoms with van der Waals surface area (Å²) in [6.45, 7) is 4.56. The Bertz CT molecular complexity index is 493. The van der Waals surface area contributed by atoms with Crippen LogP contribution in [-0.4, -0.2) is 36.6 Å². The van der Waals surface area contributed by atoms with E-state index < -0.39 is 11.9 Å². The Labute approximate surface area is 119 Å². The van der Waals surface area contributed by atoms with Gasteiger partial charge in [-0.05, 0) is 13.8 Å². The fraction of sp³-hybridized carbons (Fsp3) is 0.667. The number of amides is 1. The molecule has 21 heavy (non-hydrogen) atoms. The molecule has 2 rings (SSSR count). The van der Waals surface area contributed by atoms with Crippen molar-refractivity contribution in [3.05, 3.63) is 11.5 Å². The molecule has 1 aliphatic heterocycles. The predicted octanol–water partition coefficient (Wildman–Crippen LogP) is 1.13. The van der Waals surface area contributed by atoms with Crippen LogP contribution in [0.5, 0.6) is 0 Å². The highest BCUT2D eigenvalue weighted by Crippen LogP contribution is 2.35. The molecule has 1 saturated heterocycles. The second-order valence-electron chi connectivity index (χ2n) is 5.14. The van der Waals surface area contributed by atoms with Gasteiger partial charge in [0.05, 0.1) is 6.54 Å². The Kier molecular flexibility index (Phi) is 4.40. The van der Waals surface area contributed by atoms with E-state index in [0.29, 0.717) is 19.5 Å². The maximum absolute atomic E-state index is 12.9. The molecule has 6 nitrogen and oxygen atoms in total. The Morgan fingerprint density at radius 3 is 2.57 bits per heavy atom. The van der Waals surface area contributed by atoms with Crippen LogP contribution in [0.2, 0.25) is 0 Å². The first kappa shape index (κ1) is 15.6. The van der Waals surface area contributed by atoms with Crippen LogP contribution in [0.15, 0.2) is 4.42 Å². The molecule has 0 aliphatic carbocycles. The van der Waals surface area contributed by atoms with Crippen molar-refractivity contribution in [3.8, 4) is 0 Å². The second kappa shape index (κ2) is 5.92. The molecule has 2 heterocycles. The minimum absolute atomic E-state index is 0.0646. The number of nitrogens with one attached hydrogen (secondary N) is 2. The van der Waals surface area contributed by atoms with E-state index in [9.17, 15) is 18.0 Å². The lowest BCUT2D eigenvalue weighted by Crippen LogP contribution is -2.54. The molecule has 1 aromatic rings. The summed E-state index contributed by atoms with van der Waals surface area (Å²) in [5.41, 5.74) is -0.316. The van der Waals surface area contributed by atoms with Crippen LogP contribution in [0.3, 0.4) is 0 Å². The van der Waals surface area contributed by atoms with Gasteiger partial charge in [0, 0.05) is 25.2 Å². The summed E-state index contributed by atoms with van der Waals surface area (Å²) in [5.74, 6) is -1.16. The Hall–Kier alpha value is -1.77. The summed E-state index contributed by atoms with van der Waals surface area (Å²) < 4.78 is 43.7. The number of alkyl halides is 3. The summed E-state index contributed by atoms with van der Waals surface area (Å²) in [4.78, 5) is 15.8. The van der Waals surface area contributed by atoms with Gasteiger partial charge in [0.2, 0.25) is 12.2 Å². The maximum Gasteiger partial charge on any atom is 0.451 e. The van der Waals surface area contributed by atoms with E-state index in [4.69, 9.17) is 4.42 Å². The average Bonchev–Trinajstić information content (AvgIpc) is 2.79. The van der Waals surface area contributed by atoms with E-state index in [1.807, 2.05) is 13.8 Å². The van der Waals surface area contributed by atoms with Gasteiger partial charge in [0.25, 0.3) is 6.01 Å². The highest BCUT2D eigenvalue weighted by molar-refractivity contribution is 5.46. The molecule has 9 heteroatoms. The summed E-state index contributed by atoms with van der Waals surface area (Å²) in [6, 6.07) is 0.170. The van der Waals surface area contributed by atoms with Crippen molar-refractivity contribution in [2.24, 2.45) is 0 Å². The number of piperazine rings is 1. The van der Waals surface area contributed by atoms with E-state index in [1.54, 1.807) is 4.90 Å². The highest BCUT2D eigenvalue weighted by atomic mass is 19.4. The number of hydrogen-bond acceptors (Lipinski definition) is 5. The Balaban J connectivity index is 2.27. The zero-order valence-corrected chi connectivity index (χ0v) is 11.7. The first-order chi connectivity index (χ1) is 9.81. The number of anilines is 1. The summed E-state index contributed by atoms with van der Waals surface area (Å²) in [5, 5.41) is 5.45. The SMILES string of the molecule is CC1CN(c2nc(CNC=O)c(C(F)(F)F)o2)CC(C)N1. The van der Waals surface area contributed by atoms with Gasteiger partial charge in [-0.25, -0.2) is 0 Å². The van der Waals surface area contributed by atoms with Gasteiger partial charge in [0.15, 0.2) is 0 Å². The van der Waals surface area contributed by atoms with Crippen molar-refractivity contribution in [2.45, 2.75) is 38.7 Å². The first-order valence-electron chi connectivity index (χ1n) is 6.56. The number of halogens is 3. The van der Waals surface area contributed by atoms with Gasteiger partial charge in [-0.1, -0.05) is 0 Å². The summed E-state index contributed by atoms with van der Waals surface area (Å²) in [7, 11) is 0. The van der Waals surface area contributed by atoms with Gasteiger partial charge >= 0.3 is 6.18 Å². The number of oxazole rings is 1. The lowest BCUT2D eigenvalue weighted by atomic mass is 10.2. The lowest BCUT2D eigenvalue weighted by Gasteiger charge is -2.35. The molecule has 1 aliphatic rings. The van der Waals surface area contributed by atoms with E-state index in [1.165, 1.54) is 0 Å². The molecule has 2 atom stereocenters. The molecule has 0 bridgehead atoms. The van der Waals surface area contributed by atoms with E-state index >= 15 is 0 Å². The number of aromatic nitrogens is 1. The van der Waals surface area contributed by atoms with Gasteiger partial charge in [-0.15, -0.1) is 0 Å². The number of nitrogens with zero attached hydrogens (tertiary/aromatic N) is 2. The summed E-state index contributed by atoms with van der Waals surface area (Å²) in [6.07, 6.45) is -4.32. The van der Waals surface area contributed by atoms with Crippen molar-refractivity contribution in [3.63, 3.8) is 0 Å². The third-order valence-electron chi connectivity index (χ3n) is 3.12. The average molecular weight is 306 g/mol. The highest BCUT2D eigenvalue weighted by Gasteiger charge is 2.40.